The summed E-state index contributed by atoms with van der Waals surface area (Å²) in [5, 5.41) is 0. The molecule has 0 atom stereocenters. The minimum Gasteiger partial charge on any atom is -0.384 e. The molecule has 3 nitrogen and oxygen atoms in total. The van der Waals surface area contributed by atoms with Crippen LogP contribution >= 0.6 is 0 Å². The topological polar surface area (TPSA) is 43.4 Å². The average Bonchev–Trinajstić information content (AvgIpc) is 2.09. The molecule has 12 heavy (non-hydrogen) atoms. The number of carbonyl (C=O) groups is 2. The van der Waals surface area contributed by atoms with E-state index in [2.05, 4.69) is 0 Å². The lowest BCUT2D eigenvalue weighted by Crippen LogP contribution is -2.02. The Morgan fingerprint density at radius 1 is 1.33 bits per heavy atom. The number of ketones is 1. The van der Waals surface area contributed by atoms with Crippen molar-refractivity contribution in [2.24, 2.45) is 0 Å². The van der Waals surface area contributed by atoms with E-state index in [1.807, 2.05) is 0 Å². The van der Waals surface area contributed by atoms with Crippen molar-refractivity contribution in [3.8, 4) is 0 Å². The second kappa shape index (κ2) is 8.40. The van der Waals surface area contributed by atoms with Gasteiger partial charge in [-0.3, -0.25) is 4.79 Å². The molecular weight excluding hydrogens is 156 g/mol. The summed E-state index contributed by atoms with van der Waals surface area (Å²) in [6, 6.07) is 0. The van der Waals surface area contributed by atoms with Gasteiger partial charge in [-0.1, -0.05) is 0 Å². The third-order valence-electron chi connectivity index (χ3n) is 1.61. The predicted octanol–water partition coefficient (Wildman–Crippen LogP) is 1.35. The normalized spacial score (nSPS) is 9.75. The molecular formula is C9H16O3. The van der Waals surface area contributed by atoms with Gasteiger partial charge in [0, 0.05) is 26.4 Å². The van der Waals surface area contributed by atoms with Crippen molar-refractivity contribution in [3.05, 3.63) is 0 Å². The SMILES string of the molecule is COCCC(=O)CCCCC=O. The highest BCUT2D eigenvalue weighted by atomic mass is 16.5. The van der Waals surface area contributed by atoms with E-state index in [9.17, 15) is 9.59 Å². The van der Waals surface area contributed by atoms with Gasteiger partial charge in [0.25, 0.3) is 0 Å². The first-order valence-corrected chi connectivity index (χ1v) is 4.25. The minimum absolute atomic E-state index is 0.225. The molecule has 0 spiro atoms. The van der Waals surface area contributed by atoms with Crippen molar-refractivity contribution < 1.29 is 14.3 Å². The van der Waals surface area contributed by atoms with Gasteiger partial charge in [0.15, 0.2) is 0 Å². The highest BCUT2D eigenvalue weighted by molar-refractivity contribution is 5.78. The van der Waals surface area contributed by atoms with Crippen molar-refractivity contribution >= 4 is 12.1 Å². The quantitative estimate of drug-likeness (QED) is 0.410. The van der Waals surface area contributed by atoms with Gasteiger partial charge in [0.1, 0.15) is 12.1 Å². The number of carbonyl (C=O) groups excluding carboxylic acids is 2. The maximum absolute atomic E-state index is 11.0. The zero-order valence-electron chi connectivity index (χ0n) is 7.54. The van der Waals surface area contributed by atoms with Crippen LogP contribution in [0.15, 0.2) is 0 Å². The average molecular weight is 172 g/mol. The molecule has 0 N–H and O–H groups in total. The van der Waals surface area contributed by atoms with Gasteiger partial charge < -0.3 is 9.53 Å². The Kier molecular flexibility index (Phi) is 7.91. The van der Waals surface area contributed by atoms with Gasteiger partial charge >= 0.3 is 0 Å². The van der Waals surface area contributed by atoms with Crippen molar-refractivity contribution in [3.63, 3.8) is 0 Å². The number of aldehydes is 1. The lowest BCUT2D eigenvalue weighted by molar-refractivity contribution is -0.120. The molecule has 0 heterocycles. The first kappa shape index (κ1) is 11.3. The van der Waals surface area contributed by atoms with Gasteiger partial charge in [-0.15, -0.1) is 0 Å². The Morgan fingerprint density at radius 3 is 2.67 bits per heavy atom. The third-order valence-corrected chi connectivity index (χ3v) is 1.61. The fourth-order valence-corrected chi connectivity index (χ4v) is 0.891. The summed E-state index contributed by atoms with van der Waals surface area (Å²) in [5.74, 6) is 0.225. The largest absolute Gasteiger partial charge is 0.384 e. The van der Waals surface area contributed by atoms with Crippen LogP contribution in [-0.4, -0.2) is 25.8 Å². The second-order valence-electron chi connectivity index (χ2n) is 2.69. The van der Waals surface area contributed by atoms with Crippen LogP contribution in [0.3, 0.4) is 0 Å². The smallest absolute Gasteiger partial charge is 0.135 e. The Labute approximate surface area is 73.1 Å². The van der Waals surface area contributed by atoms with E-state index in [0.717, 1.165) is 19.1 Å². The fourth-order valence-electron chi connectivity index (χ4n) is 0.891. The number of hydrogen-bond acceptors (Lipinski definition) is 3. The van der Waals surface area contributed by atoms with E-state index >= 15 is 0 Å². The lowest BCUT2D eigenvalue weighted by atomic mass is 10.1. The maximum Gasteiger partial charge on any atom is 0.135 e. The number of methoxy groups -OCH3 is 1. The number of hydrogen-bond donors (Lipinski definition) is 0. The van der Waals surface area contributed by atoms with Gasteiger partial charge in [-0.05, 0) is 12.8 Å². The van der Waals surface area contributed by atoms with Crippen LogP contribution in [0.25, 0.3) is 0 Å². The van der Waals surface area contributed by atoms with Crippen LogP contribution in [0.1, 0.15) is 32.1 Å². The summed E-state index contributed by atoms with van der Waals surface area (Å²) in [4.78, 5) is 20.9. The fraction of sp³-hybridized carbons (Fsp3) is 0.778. The van der Waals surface area contributed by atoms with Gasteiger partial charge in [-0.25, -0.2) is 0 Å². The van der Waals surface area contributed by atoms with Crippen LogP contribution in [-0.2, 0) is 14.3 Å². The monoisotopic (exact) mass is 172 g/mol. The first-order valence-electron chi connectivity index (χ1n) is 4.25. The Morgan fingerprint density at radius 2 is 2.08 bits per heavy atom. The van der Waals surface area contributed by atoms with Crippen LogP contribution in [0.4, 0.5) is 0 Å². The lowest BCUT2D eigenvalue weighted by Gasteiger charge is -1.98. The molecule has 0 aromatic carbocycles. The molecule has 0 aliphatic rings. The Bertz CT molecular complexity index is 132. The van der Waals surface area contributed by atoms with E-state index in [4.69, 9.17) is 4.74 Å². The zero-order valence-corrected chi connectivity index (χ0v) is 7.54. The number of ether oxygens (including phenoxy) is 1. The standard InChI is InChI=1S/C9H16O3/c1-12-8-6-9(11)5-3-2-4-7-10/h7H,2-6,8H2,1H3. The van der Waals surface area contributed by atoms with E-state index in [0.29, 0.717) is 25.9 Å². The molecule has 0 fully saturated rings. The first-order chi connectivity index (χ1) is 5.81. The predicted molar refractivity (Wildman–Crippen MR) is 46.0 cm³/mol. The molecule has 0 aromatic heterocycles. The summed E-state index contributed by atoms with van der Waals surface area (Å²) in [6.07, 6.45) is 4.18. The number of Topliss-reactive ketones (excluding diaryl/α,β-unsaturated/α-hetero) is 1. The molecule has 0 saturated heterocycles. The van der Waals surface area contributed by atoms with Crippen LogP contribution < -0.4 is 0 Å². The summed E-state index contributed by atoms with van der Waals surface area (Å²) >= 11 is 0. The molecule has 0 aliphatic heterocycles. The molecule has 3 heteroatoms. The highest BCUT2D eigenvalue weighted by Gasteiger charge is 2.00. The summed E-state index contributed by atoms with van der Waals surface area (Å²) < 4.78 is 4.76. The summed E-state index contributed by atoms with van der Waals surface area (Å²) in [6.45, 7) is 0.506. The van der Waals surface area contributed by atoms with Crippen LogP contribution in [0.2, 0.25) is 0 Å². The van der Waals surface area contributed by atoms with E-state index in [1.54, 1.807) is 7.11 Å². The summed E-state index contributed by atoms with van der Waals surface area (Å²) in [5.41, 5.74) is 0. The van der Waals surface area contributed by atoms with Crippen molar-refractivity contribution in [1.82, 2.24) is 0 Å². The van der Waals surface area contributed by atoms with E-state index < -0.39 is 0 Å². The Hall–Kier alpha value is -0.700. The van der Waals surface area contributed by atoms with Crippen molar-refractivity contribution in [2.75, 3.05) is 13.7 Å². The molecule has 0 aromatic rings. The molecule has 0 rings (SSSR count). The van der Waals surface area contributed by atoms with Crippen LogP contribution in [0, 0.1) is 0 Å². The molecule has 0 aliphatic carbocycles. The second-order valence-corrected chi connectivity index (χ2v) is 2.69. The van der Waals surface area contributed by atoms with Crippen LogP contribution in [0.5, 0.6) is 0 Å². The maximum atomic E-state index is 11.0. The van der Waals surface area contributed by atoms with E-state index in [-0.39, 0.29) is 5.78 Å². The van der Waals surface area contributed by atoms with Crippen molar-refractivity contribution in [2.45, 2.75) is 32.1 Å². The van der Waals surface area contributed by atoms with Gasteiger partial charge in [0.2, 0.25) is 0 Å². The minimum atomic E-state index is 0.225. The van der Waals surface area contributed by atoms with Gasteiger partial charge in [-0.2, -0.15) is 0 Å². The molecule has 0 saturated carbocycles. The highest BCUT2D eigenvalue weighted by Crippen LogP contribution is 2.00. The third kappa shape index (κ3) is 7.41. The summed E-state index contributed by atoms with van der Waals surface area (Å²) in [7, 11) is 1.58. The van der Waals surface area contributed by atoms with Gasteiger partial charge in [0.05, 0.1) is 6.61 Å². The molecule has 0 unspecified atom stereocenters. The Balaban J connectivity index is 3.13. The zero-order chi connectivity index (χ0) is 9.23. The molecule has 0 amide bonds. The molecule has 0 bridgehead atoms. The molecule has 70 valence electrons. The number of rotatable bonds is 8. The molecule has 0 radical (unpaired) electrons. The van der Waals surface area contributed by atoms with E-state index in [1.165, 1.54) is 0 Å². The number of unbranched alkanes of at least 4 members (excludes halogenated alkanes) is 2. The van der Waals surface area contributed by atoms with Crippen molar-refractivity contribution in [1.29, 1.82) is 0 Å².